The van der Waals surface area contributed by atoms with Crippen LogP contribution in [0.25, 0.3) is 0 Å². The minimum atomic E-state index is -4.80. The lowest BCUT2D eigenvalue weighted by molar-refractivity contribution is -0.141. The van der Waals surface area contributed by atoms with Crippen molar-refractivity contribution in [1.82, 2.24) is 0 Å². The maximum absolute atomic E-state index is 10.9. The molecule has 0 fully saturated rings. The molecule has 0 spiro atoms. The number of hydrogen-bond donors (Lipinski definition) is 4. The highest BCUT2D eigenvalue weighted by molar-refractivity contribution is 7.54. The molecule has 15 heavy (non-hydrogen) atoms. The highest BCUT2D eigenvalue weighted by Gasteiger charge is 2.49. The van der Waals surface area contributed by atoms with Gasteiger partial charge < -0.3 is 20.0 Å². The summed E-state index contributed by atoms with van der Waals surface area (Å²) in [5.41, 5.74) is 0. The van der Waals surface area contributed by atoms with Crippen LogP contribution in [-0.2, 0) is 14.2 Å². The Morgan fingerprint density at radius 1 is 1.27 bits per heavy atom. The van der Waals surface area contributed by atoms with Gasteiger partial charge in [0.25, 0.3) is 0 Å². The van der Waals surface area contributed by atoms with Gasteiger partial charge in [-0.05, 0) is 19.8 Å². The first-order chi connectivity index (χ1) is 6.61. The molecule has 0 heterocycles. The number of hydrogen-bond acceptors (Lipinski definition) is 3. The van der Waals surface area contributed by atoms with Crippen molar-refractivity contribution in [3.63, 3.8) is 0 Å². The molecule has 1 unspecified atom stereocenters. The molecule has 0 rings (SSSR count). The van der Waals surface area contributed by atoms with E-state index >= 15 is 0 Å². The summed E-state index contributed by atoms with van der Waals surface area (Å²) in [6, 6.07) is 0. The average molecular weight is 240 g/mol. The van der Waals surface area contributed by atoms with Crippen LogP contribution in [0.5, 0.6) is 0 Å². The summed E-state index contributed by atoms with van der Waals surface area (Å²) in [7, 11) is -4.80. The van der Waals surface area contributed by atoms with Crippen LogP contribution in [-0.4, -0.2) is 37.1 Å². The molecule has 1 atom stereocenters. The molecule has 0 aliphatic heterocycles. The lowest BCUT2D eigenvalue weighted by Gasteiger charge is -2.25. The summed E-state index contributed by atoms with van der Waals surface area (Å²) in [5, 5.41) is 14.8. The molecule has 0 saturated heterocycles. The molecule has 88 valence electrons. The number of carboxylic acid groups (broad SMARTS) is 2. The van der Waals surface area contributed by atoms with E-state index in [0.29, 0.717) is 0 Å². The van der Waals surface area contributed by atoms with Gasteiger partial charge in [-0.2, -0.15) is 0 Å². The quantitative estimate of drug-likeness (QED) is 0.489. The van der Waals surface area contributed by atoms with E-state index < -0.39 is 24.7 Å². The second kappa shape index (κ2) is 4.74. The fourth-order valence-corrected chi connectivity index (χ4v) is 1.66. The van der Waals surface area contributed by atoms with Gasteiger partial charge in [0.1, 0.15) is 0 Å². The van der Waals surface area contributed by atoms with E-state index in [9.17, 15) is 14.2 Å². The first-order valence-corrected chi connectivity index (χ1v) is 5.73. The lowest BCUT2D eigenvalue weighted by Crippen LogP contribution is -2.35. The predicted molar refractivity (Wildman–Crippen MR) is 49.6 cm³/mol. The number of aliphatic carboxylic acids is 2. The molecule has 7 nitrogen and oxygen atoms in total. The molecule has 0 aliphatic rings. The van der Waals surface area contributed by atoms with Crippen molar-refractivity contribution in [2.75, 3.05) is 0 Å². The van der Waals surface area contributed by atoms with Gasteiger partial charge in [-0.3, -0.25) is 14.2 Å². The highest BCUT2D eigenvalue weighted by atomic mass is 31.2. The van der Waals surface area contributed by atoms with Gasteiger partial charge in [0.2, 0.25) is 0 Å². The van der Waals surface area contributed by atoms with E-state index in [2.05, 4.69) is 0 Å². The normalized spacial score (nSPS) is 15.7. The second-order valence-electron chi connectivity index (χ2n) is 3.37. The number of carboxylic acids is 2. The number of carbonyl (C=O) groups is 2. The van der Waals surface area contributed by atoms with E-state index in [4.69, 9.17) is 20.0 Å². The van der Waals surface area contributed by atoms with Gasteiger partial charge in [-0.15, -0.1) is 0 Å². The van der Waals surface area contributed by atoms with Crippen LogP contribution < -0.4 is 0 Å². The van der Waals surface area contributed by atoms with Crippen molar-refractivity contribution >= 4 is 19.5 Å². The molecule has 0 radical (unpaired) electrons. The first-order valence-electron chi connectivity index (χ1n) is 4.12. The summed E-state index contributed by atoms with van der Waals surface area (Å²) in [4.78, 5) is 38.6. The summed E-state index contributed by atoms with van der Waals surface area (Å²) >= 11 is 0. The van der Waals surface area contributed by atoms with Crippen molar-refractivity contribution in [3.05, 3.63) is 0 Å². The van der Waals surface area contributed by atoms with E-state index in [1.165, 1.54) is 0 Å². The van der Waals surface area contributed by atoms with Crippen molar-refractivity contribution < 1.29 is 34.2 Å². The standard InChI is InChI=1S/C7H13O7P/c1-7(6(10)11,15(12,13)14)4-2-3-5(8)9/h2-4H2,1H3,(H,8,9)(H,10,11)(H2,12,13,14). The summed E-state index contributed by atoms with van der Waals surface area (Å²) in [6.45, 7) is 0.915. The summed E-state index contributed by atoms with van der Waals surface area (Å²) in [5.74, 6) is -2.75. The minimum absolute atomic E-state index is 0.0940. The molecular weight excluding hydrogens is 227 g/mol. The second-order valence-corrected chi connectivity index (χ2v) is 5.45. The number of rotatable bonds is 6. The Bertz CT molecular complexity index is 306. The monoisotopic (exact) mass is 240 g/mol. The SMILES string of the molecule is CC(CCCC(=O)O)(C(=O)O)P(=O)(O)O. The Morgan fingerprint density at radius 3 is 2.00 bits per heavy atom. The van der Waals surface area contributed by atoms with E-state index in [0.717, 1.165) is 6.92 Å². The molecule has 0 aliphatic carbocycles. The Balaban J connectivity index is 4.63. The van der Waals surface area contributed by atoms with Crippen LogP contribution in [0, 0.1) is 0 Å². The van der Waals surface area contributed by atoms with Gasteiger partial charge in [0.15, 0.2) is 5.16 Å². The lowest BCUT2D eigenvalue weighted by atomic mass is 10.0. The van der Waals surface area contributed by atoms with Crippen molar-refractivity contribution in [3.8, 4) is 0 Å². The molecule has 0 aromatic heterocycles. The van der Waals surface area contributed by atoms with Crippen LogP contribution >= 0.6 is 7.60 Å². The summed E-state index contributed by atoms with van der Waals surface area (Å²) in [6.07, 6.45) is -0.787. The third kappa shape index (κ3) is 3.62. The molecule has 0 aromatic carbocycles. The maximum Gasteiger partial charge on any atom is 0.342 e. The fourth-order valence-electron chi connectivity index (χ4n) is 0.961. The Hall–Kier alpha value is -0.910. The minimum Gasteiger partial charge on any atom is -0.481 e. The molecular formula is C7H13O7P. The fraction of sp³-hybridized carbons (Fsp3) is 0.714. The summed E-state index contributed by atoms with van der Waals surface area (Å²) < 4.78 is 10.9. The van der Waals surface area contributed by atoms with E-state index in [-0.39, 0.29) is 19.3 Å². The van der Waals surface area contributed by atoms with Crippen LogP contribution in [0.3, 0.4) is 0 Å². The van der Waals surface area contributed by atoms with Crippen LogP contribution in [0.4, 0.5) is 0 Å². The van der Waals surface area contributed by atoms with Gasteiger partial charge in [0, 0.05) is 6.42 Å². The van der Waals surface area contributed by atoms with Gasteiger partial charge in [0.05, 0.1) is 0 Å². The Kier molecular flexibility index (Phi) is 4.45. The van der Waals surface area contributed by atoms with Crippen LogP contribution in [0.2, 0.25) is 0 Å². The topological polar surface area (TPSA) is 132 Å². The molecule has 0 amide bonds. The van der Waals surface area contributed by atoms with Crippen molar-refractivity contribution in [1.29, 1.82) is 0 Å². The van der Waals surface area contributed by atoms with Gasteiger partial charge in [-0.1, -0.05) is 0 Å². The van der Waals surface area contributed by atoms with Gasteiger partial charge >= 0.3 is 19.5 Å². The first kappa shape index (κ1) is 14.1. The van der Waals surface area contributed by atoms with Crippen molar-refractivity contribution in [2.24, 2.45) is 0 Å². The van der Waals surface area contributed by atoms with E-state index in [1.54, 1.807) is 0 Å². The smallest absolute Gasteiger partial charge is 0.342 e. The average Bonchev–Trinajstić information content (AvgIpc) is 2.00. The molecule has 0 aromatic rings. The third-order valence-corrected chi connectivity index (χ3v) is 3.86. The highest BCUT2D eigenvalue weighted by Crippen LogP contribution is 2.53. The largest absolute Gasteiger partial charge is 0.481 e. The Labute approximate surface area is 85.9 Å². The molecule has 0 bridgehead atoms. The van der Waals surface area contributed by atoms with E-state index in [1.807, 2.05) is 0 Å². The third-order valence-electron chi connectivity index (χ3n) is 2.16. The Morgan fingerprint density at radius 2 is 1.73 bits per heavy atom. The zero-order valence-corrected chi connectivity index (χ0v) is 8.98. The maximum atomic E-state index is 10.9. The van der Waals surface area contributed by atoms with Gasteiger partial charge in [-0.25, -0.2) is 0 Å². The zero-order valence-electron chi connectivity index (χ0n) is 8.08. The predicted octanol–water partition coefficient (Wildman–Crippen LogP) is 0.262. The zero-order chi connectivity index (χ0) is 12.3. The molecule has 4 N–H and O–H groups in total. The van der Waals surface area contributed by atoms with Crippen LogP contribution in [0.15, 0.2) is 0 Å². The molecule has 8 heteroatoms. The van der Waals surface area contributed by atoms with Crippen molar-refractivity contribution in [2.45, 2.75) is 31.3 Å². The van der Waals surface area contributed by atoms with Crippen LogP contribution in [0.1, 0.15) is 26.2 Å². The molecule has 0 saturated carbocycles.